The Kier molecular flexibility index (Phi) is 8.82. The number of carbonyl (C=O) groups excluding carboxylic acids is 3. The maximum absolute atomic E-state index is 14.9. The van der Waals surface area contributed by atoms with Crippen LogP contribution in [0, 0.1) is 17.8 Å². The summed E-state index contributed by atoms with van der Waals surface area (Å²) in [6.45, 7) is 15.3. The first-order chi connectivity index (χ1) is 20.7. The molecule has 8 nitrogen and oxygen atoms in total. The Balaban J connectivity index is 1.60. The highest BCUT2D eigenvalue weighted by atomic mass is 16.5. The highest BCUT2D eigenvalue weighted by molar-refractivity contribution is 6.06. The van der Waals surface area contributed by atoms with E-state index in [0.717, 1.165) is 17.2 Å². The molecule has 3 saturated heterocycles. The second kappa shape index (κ2) is 12.2. The van der Waals surface area contributed by atoms with Gasteiger partial charge in [0.1, 0.15) is 11.6 Å². The van der Waals surface area contributed by atoms with E-state index >= 15 is 0 Å². The van der Waals surface area contributed by atoms with Crippen molar-refractivity contribution in [1.82, 2.24) is 9.80 Å². The van der Waals surface area contributed by atoms with Gasteiger partial charge >= 0.3 is 0 Å². The number of unbranched alkanes of at least 4 members (excludes halogenated alkanes) is 1. The fraction of sp³-hybridized carbons (Fsp3) is 0.514. The summed E-state index contributed by atoms with van der Waals surface area (Å²) in [5, 5.41) is 11.6. The van der Waals surface area contributed by atoms with E-state index in [0.29, 0.717) is 44.6 Å². The van der Waals surface area contributed by atoms with Crippen LogP contribution in [0.15, 0.2) is 67.8 Å². The number of rotatable bonds is 13. The van der Waals surface area contributed by atoms with Crippen molar-refractivity contribution in [1.29, 1.82) is 0 Å². The van der Waals surface area contributed by atoms with Crippen molar-refractivity contribution >= 4 is 34.2 Å². The molecule has 3 aliphatic heterocycles. The molecule has 43 heavy (non-hydrogen) atoms. The molecule has 1 N–H and O–H groups in total. The monoisotopic (exact) mass is 587 g/mol. The van der Waals surface area contributed by atoms with Gasteiger partial charge in [0.05, 0.1) is 17.4 Å². The van der Waals surface area contributed by atoms with Crippen LogP contribution in [0.25, 0.3) is 10.8 Å². The SMILES string of the molecule is C=CCN(CCC)C(=O)[C@H]1[C@H]2C(=O)N(CCCCO)C(C(=O)N(CC=C)c3ccc4ccccc4c3)C23CC(C)[C@]1(C)O3. The van der Waals surface area contributed by atoms with Crippen LogP contribution in [-0.4, -0.2) is 82.7 Å². The van der Waals surface area contributed by atoms with Crippen LogP contribution < -0.4 is 4.90 Å². The van der Waals surface area contributed by atoms with E-state index in [2.05, 4.69) is 20.1 Å². The number of nitrogens with zero attached hydrogens (tertiary/aromatic N) is 3. The zero-order valence-electron chi connectivity index (χ0n) is 25.7. The quantitative estimate of drug-likeness (QED) is 0.274. The van der Waals surface area contributed by atoms with Gasteiger partial charge < -0.3 is 24.5 Å². The van der Waals surface area contributed by atoms with E-state index in [1.54, 1.807) is 26.9 Å². The highest BCUT2D eigenvalue weighted by Gasteiger charge is 2.80. The third kappa shape index (κ3) is 4.98. The van der Waals surface area contributed by atoms with Crippen molar-refractivity contribution in [3.63, 3.8) is 0 Å². The Labute approximate surface area is 255 Å². The molecule has 230 valence electrons. The van der Waals surface area contributed by atoms with Crippen LogP contribution in [0.5, 0.6) is 0 Å². The number of likely N-dealkylation sites (tertiary alicyclic amines) is 1. The number of hydrogen-bond acceptors (Lipinski definition) is 5. The van der Waals surface area contributed by atoms with E-state index in [9.17, 15) is 19.5 Å². The summed E-state index contributed by atoms with van der Waals surface area (Å²) < 4.78 is 6.94. The molecule has 3 unspecified atom stereocenters. The summed E-state index contributed by atoms with van der Waals surface area (Å²) in [5.41, 5.74) is -1.30. The fourth-order valence-electron chi connectivity index (χ4n) is 7.89. The molecule has 8 heteroatoms. The van der Waals surface area contributed by atoms with Gasteiger partial charge in [0, 0.05) is 38.5 Å². The van der Waals surface area contributed by atoms with Crippen LogP contribution in [0.4, 0.5) is 5.69 Å². The van der Waals surface area contributed by atoms with Crippen LogP contribution in [0.1, 0.15) is 46.5 Å². The van der Waals surface area contributed by atoms with Crippen molar-refractivity contribution in [2.45, 2.75) is 63.7 Å². The summed E-state index contributed by atoms with van der Waals surface area (Å²) in [5.74, 6) is -2.08. The Morgan fingerprint density at radius 2 is 1.81 bits per heavy atom. The van der Waals surface area contributed by atoms with Crippen LogP contribution in [0.2, 0.25) is 0 Å². The first-order valence-corrected chi connectivity index (χ1v) is 15.6. The number of hydrogen-bond donors (Lipinski definition) is 1. The van der Waals surface area contributed by atoms with Gasteiger partial charge in [-0.15, -0.1) is 13.2 Å². The fourth-order valence-corrected chi connectivity index (χ4v) is 7.89. The van der Waals surface area contributed by atoms with Crippen LogP contribution in [-0.2, 0) is 19.1 Å². The van der Waals surface area contributed by atoms with Gasteiger partial charge in [0.15, 0.2) is 0 Å². The minimum absolute atomic E-state index is 0.00482. The Bertz CT molecular complexity index is 1410. The highest BCUT2D eigenvalue weighted by Crippen LogP contribution is 2.65. The molecule has 2 aromatic carbocycles. The molecule has 3 fully saturated rings. The zero-order chi connectivity index (χ0) is 30.9. The Morgan fingerprint density at radius 1 is 1.09 bits per heavy atom. The lowest BCUT2D eigenvalue weighted by Crippen LogP contribution is -2.57. The molecule has 0 radical (unpaired) electrons. The summed E-state index contributed by atoms with van der Waals surface area (Å²) >= 11 is 0. The molecular weight excluding hydrogens is 542 g/mol. The zero-order valence-corrected chi connectivity index (χ0v) is 25.7. The minimum Gasteiger partial charge on any atom is -0.396 e. The van der Waals surface area contributed by atoms with Crippen LogP contribution in [0.3, 0.4) is 0 Å². The Hall–Kier alpha value is -3.49. The molecule has 0 aromatic heterocycles. The van der Waals surface area contributed by atoms with Gasteiger partial charge in [-0.2, -0.15) is 0 Å². The van der Waals surface area contributed by atoms with E-state index in [1.807, 2.05) is 56.3 Å². The van der Waals surface area contributed by atoms with Crippen molar-refractivity contribution < 1.29 is 24.2 Å². The molecule has 5 rings (SSSR count). The first-order valence-electron chi connectivity index (χ1n) is 15.6. The molecule has 2 aromatic rings. The molecule has 3 heterocycles. The lowest BCUT2D eigenvalue weighted by Gasteiger charge is -2.39. The van der Waals surface area contributed by atoms with Gasteiger partial charge in [0.25, 0.3) is 5.91 Å². The lowest BCUT2D eigenvalue weighted by molar-refractivity contribution is -0.151. The summed E-state index contributed by atoms with van der Waals surface area (Å²) in [4.78, 5) is 48.7. The molecule has 6 atom stereocenters. The predicted molar refractivity (Wildman–Crippen MR) is 168 cm³/mol. The first kappa shape index (κ1) is 31.0. The predicted octanol–water partition coefficient (Wildman–Crippen LogP) is 4.57. The largest absolute Gasteiger partial charge is 0.396 e. The van der Waals surface area contributed by atoms with Crippen molar-refractivity contribution in [3.05, 3.63) is 67.8 Å². The molecule has 3 amide bonds. The standard InChI is InChI=1S/C35H45N3O5/c1-6-17-36(18-7-2)31(40)28-29-32(41)38(20-11-12-21-39)30(35(29)23-24(4)34(28,5)43-35)33(42)37(19-8-3)27-16-15-25-13-9-10-14-26(25)22-27/h6,8-10,13-16,22,24,28-30,39H,1,3,7,11-12,17-21,23H2,2,4-5H3/t24?,28-,29+,30?,34+,35?/m1/s1. The second-order valence-electron chi connectivity index (χ2n) is 12.5. The number of carbonyl (C=O) groups is 3. The topological polar surface area (TPSA) is 90.4 Å². The number of fused-ring (bicyclic) bond motifs is 2. The van der Waals surface area contributed by atoms with Gasteiger partial charge in [-0.25, -0.2) is 0 Å². The lowest BCUT2D eigenvalue weighted by atomic mass is 9.62. The second-order valence-corrected chi connectivity index (χ2v) is 12.5. The molecule has 1 spiro atoms. The summed E-state index contributed by atoms with van der Waals surface area (Å²) in [6.07, 6.45) is 5.73. The average molecular weight is 588 g/mol. The van der Waals surface area contributed by atoms with Gasteiger partial charge in [-0.05, 0) is 61.4 Å². The third-order valence-electron chi connectivity index (χ3n) is 9.90. The number of aliphatic hydroxyl groups excluding tert-OH is 1. The number of ether oxygens (including phenoxy) is 1. The van der Waals surface area contributed by atoms with Crippen molar-refractivity contribution in [2.75, 3.05) is 37.7 Å². The summed E-state index contributed by atoms with van der Waals surface area (Å²) in [6, 6.07) is 13.0. The van der Waals surface area contributed by atoms with Crippen LogP contribution >= 0.6 is 0 Å². The average Bonchev–Trinajstić information content (AvgIpc) is 3.51. The maximum atomic E-state index is 14.9. The van der Waals surface area contributed by atoms with Crippen molar-refractivity contribution in [3.8, 4) is 0 Å². The molecule has 2 bridgehead atoms. The van der Waals surface area contributed by atoms with E-state index < -0.39 is 29.1 Å². The minimum atomic E-state index is -1.13. The van der Waals surface area contributed by atoms with Gasteiger partial charge in [-0.3, -0.25) is 14.4 Å². The smallest absolute Gasteiger partial charge is 0.253 e. The van der Waals surface area contributed by atoms with Gasteiger partial charge in [-0.1, -0.05) is 56.3 Å². The van der Waals surface area contributed by atoms with E-state index in [-0.39, 0.29) is 36.8 Å². The Morgan fingerprint density at radius 3 is 2.49 bits per heavy atom. The maximum Gasteiger partial charge on any atom is 0.253 e. The molecular formula is C35H45N3O5. The van der Waals surface area contributed by atoms with E-state index in [4.69, 9.17) is 4.74 Å². The van der Waals surface area contributed by atoms with Gasteiger partial charge in [0.2, 0.25) is 11.8 Å². The molecule has 0 saturated carbocycles. The number of amides is 3. The van der Waals surface area contributed by atoms with E-state index in [1.165, 1.54) is 0 Å². The summed E-state index contributed by atoms with van der Waals surface area (Å²) in [7, 11) is 0. The molecule has 0 aliphatic carbocycles. The number of anilines is 1. The number of aliphatic hydroxyl groups is 1. The van der Waals surface area contributed by atoms with Crippen molar-refractivity contribution in [2.24, 2.45) is 17.8 Å². The third-order valence-corrected chi connectivity index (χ3v) is 9.90. The molecule has 3 aliphatic rings. The number of benzene rings is 2. The normalized spacial score (nSPS) is 29.1.